The first kappa shape index (κ1) is 17.9. The smallest absolute Gasteiger partial charge is 0.326 e. The number of nitrogens with one attached hydrogen (secondary N) is 1. The summed E-state index contributed by atoms with van der Waals surface area (Å²) in [6.07, 6.45) is 2.23. The second kappa shape index (κ2) is 9.02. The Morgan fingerprint density at radius 1 is 1.38 bits per heavy atom. The number of thioether (sulfide) groups is 1. The highest BCUT2D eigenvalue weighted by Gasteiger charge is 2.19. The molecule has 0 aliphatic rings. The molecule has 1 amide bonds. The summed E-state index contributed by atoms with van der Waals surface area (Å²) in [6, 6.07) is 3.70. The molecule has 5 nitrogen and oxygen atoms in total. The first-order chi connectivity index (χ1) is 9.93. The summed E-state index contributed by atoms with van der Waals surface area (Å²) in [4.78, 5) is 22.7. The lowest BCUT2D eigenvalue weighted by atomic mass is 10.2. The van der Waals surface area contributed by atoms with Crippen LogP contribution in [0.1, 0.15) is 6.42 Å². The number of carboxylic acid groups (broad SMARTS) is 1. The van der Waals surface area contributed by atoms with Crippen molar-refractivity contribution in [1.29, 1.82) is 0 Å². The zero-order chi connectivity index (χ0) is 15.8. The van der Waals surface area contributed by atoms with Crippen molar-refractivity contribution in [2.75, 3.05) is 18.6 Å². The van der Waals surface area contributed by atoms with E-state index in [1.54, 1.807) is 12.1 Å². The van der Waals surface area contributed by atoms with Gasteiger partial charge >= 0.3 is 5.97 Å². The molecule has 0 heterocycles. The van der Waals surface area contributed by atoms with Crippen LogP contribution in [0.25, 0.3) is 0 Å². The van der Waals surface area contributed by atoms with E-state index in [0.717, 1.165) is 0 Å². The van der Waals surface area contributed by atoms with Gasteiger partial charge in [0.1, 0.15) is 11.8 Å². The number of carboxylic acids is 1. The number of carbonyl (C=O) groups excluding carboxylic acids is 1. The van der Waals surface area contributed by atoms with Gasteiger partial charge in [-0.1, -0.05) is 23.2 Å². The summed E-state index contributed by atoms with van der Waals surface area (Å²) >= 11 is 13.1. The summed E-state index contributed by atoms with van der Waals surface area (Å²) < 4.78 is 5.24. The average molecular weight is 352 g/mol. The number of carbonyl (C=O) groups is 2. The standard InChI is InChI=1S/C13H15Cl2NO4S/c1-21-5-4-11(13(18)19)16-12(17)7-20-8-2-3-9(14)10(15)6-8/h2-3,6,11H,4-5,7H2,1H3,(H,16,17)(H,18,19). The number of hydrogen-bond donors (Lipinski definition) is 2. The fourth-order valence-corrected chi connectivity index (χ4v) is 2.20. The highest BCUT2D eigenvalue weighted by Crippen LogP contribution is 2.26. The van der Waals surface area contributed by atoms with E-state index in [4.69, 9.17) is 33.0 Å². The normalized spacial score (nSPS) is 11.8. The molecule has 1 rings (SSSR count). The zero-order valence-corrected chi connectivity index (χ0v) is 13.6. The maximum absolute atomic E-state index is 11.7. The number of amides is 1. The van der Waals surface area contributed by atoms with Crippen LogP contribution in [-0.2, 0) is 9.59 Å². The van der Waals surface area contributed by atoms with Crippen molar-refractivity contribution in [3.63, 3.8) is 0 Å². The third-order valence-electron chi connectivity index (χ3n) is 2.50. The lowest BCUT2D eigenvalue weighted by Crippen LogP contribution is -2.43. The molecule has 116 valence electrons. The van der Waals surface area contributed by atoms with Crippen molar-refractivity contribution in [3.05, 3.63) is 28.2 Å². The first-order valence-corrected chi connectivity index (χ1v) is 8.18. The Kier molecular flexibility index (Phi) is 7.71. The lowest BCUT2D eigenvalue weighted by Gasteiger charge is -2.14. The summed E-state index contributed by atoms with van der Waals surface area (Å²) in [5, 5.41) is 12.1. The summed E-state index contributed by atoms with van der Waals surface area (Å²) in [6.45, 7) is -0.291. The number of hydrogen-bond acceptors (Lipinski definition) is 4. The molecule has 1 aromatic rings. The Balaban J connectivity index is 2.48. The highest BCUT2D eigenvalue weighted by atomic mass is 35.5. The van der Waals surface area contributed by atoms with Crippen LogP contribution in [0.5, 0.6) is 5.75 Å². The maximum atomic E-state index is 11.7. The Labute approximate surface area is 136 Å². The molecule has 0 bridgehead atoms. The van der Waals surface area contributed by atoms with Crippen molar-refractivity contribution < 1.29 is 19.4 Å². The van der Waals surface area contributed by atoms with Crippen LogP contribution in [0.3, 0.4) is 0 Å². The van der Waals surface area contributed by atoms with Gasteiger partial charge in [0.2, 0.25) is 0 Å². The lowest BCUT2D eigenvalue weighted by molar-refractivity contribution is -0.142. The molecule has 8 heteroatoms. The van der Waals surface area contributed by atoms with Gasteiger partial charge < -0.3 is 15.2 Å². The molecular weight excluding hydrogens is 337 g/mol. The van der Waals surface area contributed by atoms with Gasteiger partial charge in [0.05, 0.1) is 10.0 Å². The van der Waals surface area contributed by atoms with Crippen LogP contribution in [0.15, 0.2) is 18.2 Å². The average Bonchev–Trinajstić information content (AvgIpc) is 2.44. The number of ether oxygens (including phenoxy) is 1. The molecule has 0 saturated carbocycles. The number of halogens is 2. The van der Waals surface area contributed by atoms with Crippen LogP contribution < -0.4 is 10.1 Å². The topological polar surface area (TPSA) is 75.6 Å². The minimum atomic E-state index is -1.06. The quantitative estimate of drug-likeness (QED) is 0.752. The van der Waals surface area contributed by atoms with Gasteiger partial charge in [-0.15, -0.1) is 0 Å². The van der Waals surface area contributed by atoms with Gasteiger partial charge in [-0.05, 0) is 30.6 Å². The molecule has 0 aromatic heterocycles. The van der Waals surface area contributed by atoms with Crippen LogP contribution in [0, 0.1) is 0 Å². The fraction of sp³-hybridized carbons (Fsp3) is 0.385. The van der Waals surface area contributed by atoms with Gasteiger partial charge in [0.15, 0.2) is 6.61 Å². The van der Waals surface area contributed by atoms with Crippen LogP contribution >= 0.6 is 35.0 Å². The minimum Gasteiger partial charge on any atom is -0.484 e. The maximum Gasteiger partial charge on any atom is 0.326 e. The largest absolute Gasteiger partial charge is 0.484 e. The van der Waals surface area contributed by atoms with Gasteiger partial charge in [-0.3, -0.25) is 4.79 Å². The molecular formula is C13H15Cl2NO4S. The summed E-state index contributed by atoms with van der Waals surface area (Å²) in [5.41, 5.74) is 0. The fourth-order valence-electron chi connectivity index (χ4n) is 1.44. The number of rotatable bonds is 8. The van der Waals surface area contributed by atoms with E-state index in [0.29, 0.717) is 28.0 Å². The monoisotopic (exact) mass is 351 g/mol. The van der Waals surface area contributed by atoms with E-state index in [-0.39, 0.29) is 6.61 Å². The first-order valence-electron chi connectivity index (χ1n) is 6.03. The Morgan fingerprint density at radius 2 is 2.10 bits per heavy atom. The summed E-state index contributed by atoms with van der Waals surface area (Å²) in [5.74, 6) is -0.540. The van der Waals surface area contributed by atoms with E-state index < -0.39 is 17.9 Å². The van der Waals surface area contributed by atoms with Crippen LogP contribution in [0.2, 0.25) is 10.0 Å². The summed E-state index contributed by atoms with van der Waals surface area (Å²) in [7, 11) is 0. The Hall–Kier alpha value is -1.11. The molecule has 0 aliphatic heterocycles. The minimum absolute atomic E-state index is 0.291. The second-order valence-electron chi connectivity index (χ2n) is 4.10. The molecule has 0 fully saturated rings. The van der Waals surface area contributed by atoms with Gasteiger partial charge in [0, 0.05) is 6.07 Å². The van der Waals surface area contributed by atoms with Crippen molar-refractivity contribution in [3.8, 4) is 5.75 Å². The Morgan fingerprint density at radius 3 is 2.67 bits per heavy atom. The third kappa shape index (κ3) is 6.46. The number of benzene rings is 1. The number of aliphatic carboxylic acids is 1. The van der Waals surface area contributed by atoms with Gasteiger partial charge in [0.25, 0.3) is 5.91 Å². The molecule has 0 radical (unpaired) electrons. The van der Waals surface area contributed by atoms with E-state index in [1.165, 1.54) is 17.8 Å². The van der Waals surface area contributed by atoms with E-state index in [2.05, 4.69) is 5.32 Å². The van der Waals surface area contributed by atoms with E-state index >= 15 is 0 Å². The molecule has 2 N–H and O–H groups in total. The van der Waals surface area contributed by atoms with Gasteiger partial charge in [-0.25, -0.2) is 4.79 Å². The second-order valence-corrected chi connectivity index (χ2v) is 5.90. The van der Waals surface area contributed by atoms with Gasteiger partial charge in [-0.2, -0.15) is 11.8 Å². The van der Waals surface area contributed by atoms with Crippen molar-refractivity contribution in [1.82, 2.24) is 5.32 Å². The molecule has 0 aliphatic carbocycles. The zero-order valence-electron chi connectivity index (χ0n) is 11.3. The van der Waals surface area contributed by atoms with E-state index in [9.17, 15) is 9.59 Å². The molecule has 21 heavy (non-hydrogen) atoms. The predicted octanol–water partition coefficient (Wildman–Crippen LogP) is 2.69. The SMILES string of the molecule is CSCCC(NC(=O)COc1ccc(Cl)c(Cl)c1)C(=O)O. The van der Waals surface area contributed by atoms with Crippen molar-refractivity contribution in [2.24, 2.45) is 0 Å². The highest BCUT2D eigenvalue weighted by molar-refractivity contribution is 7.98. The van der Waals surface area contributed by atoms with Crippen molar-refractivity contribution >= 4 is 46.8 Å². The molecule has 1 atom stereocenters. The van der Waals surface area contributed by atoms with E-state index in [1.807, 2.05) is 6.26 Å². The predicted molar refractivity (Wildman–Crippen MR) is 84.5 cm³/mol. The molecule has 0 saturated heterocycles. The Bertz CT molecular complexity index is 513. The molecule has 1 unspecified atom stereocenters. The molecule has 1 aromatic carbocycles. The third-order valence-corrected chi connectivity index (χ3v) is 3.89. The van der Waals surface area contributed by atoms with Crippen LogP contribution in [-0.4, -0.2) is 41.6 Å². The van der Waals surface area contributed by atoms with Crippen molar-refractivity contribution in [2.45, 2.75) is 12.5 Å². The van der Waals surface area contributed by atoms with Crippen LogP contribution in [0.4, 0.5) is 0 Å². The molecule has 0 spiro atoms.